The summed E-state index contributed by atoms with van der Waals surface area (Å²) in [6, 6.07) is 14.4. The van der Waals surface area contributed by atoms with Gasteiger partial charge in [-0.3, -0.25) is 15.0 Å². The van der Waals surface area contributed by atoms with Crippen LogP contribution in [0, 0.1) is 6.92 Å². The maximum Gasteiger partial charge on any atom is 0.285 e. The maximum absolute atomic E-state index is 12.6. The third kappa shape index (κ3) is 3.79. The zero-order chi connectivity index (χ0) is 18.7. The fourth-order valence-corrected chi connectivity index (χ4v) is 3.53. The van der Waals surface area contributed by atoms with Crippen LogP contribution in [0.1, 0.15) is 21.5 Å². The Labute approximate surface area is 161 Å². The van der Waals surface area contributed by atoms with Crippen molar-refractivity contribution in [2.24, 2.45) is 0 Å². The van der Waals surface area contributed by atoms with E-state index in [2.05, 4.69) is 5.43 Å². The van der Waals surface area contributed by atoms with Gasteiger partial charge in [-0.05, 0) is 43.4 Å². The number of methoxy groups -OCH3 is 1. The SMILES string of the molecule is COc1ccccc1/C=C1\SC(=S)N(NC(=O)c2ccc(C)cc2)C1=O. The van der Waals surface area contributed by atoms with Crippen molar-refractivity contribution in [1.29, 1.82) is 0 Å². The Balaban J connectivity index is 1.79. The molecule has 1 aliphatic heterocycles. The fourth-order valence-electron chi connectivity index (χ4n) is 2.36. The van der Waals surface area contributed by atoms with Crippen LogP contribution in [0.3, 0.4) is 0 Å². The zero-order valence-corrected chi connectivity index (χ0v) is 15.8. The zero-order valence-electron chi connectivity index (χ0n) is 14.2. The molecule has 5 nitrogen and oxygen atoms in total. The van der Waals surface area contributed by atoms with Gasteiger partial charge in [-0.25, -0.2) is 0 Å². The van der Waals surface area contributed by atoms with Gasteiger partial charge in [-0.15, -0.1) is 0 Å². The lowest BCUT2D eigenvalue weighted by molar-refractivity contribution is -0.123. The third-order valence-electron chi connectivity index (χ3n) is 3.75. The van der Waals surface area contributed by atoms with Gasteiger partial charge in [0.2, 0.25) is 0 Å². The number of nitrogens with one attached hydrogen (secondary N) is 1. The Hall–Kier alpha value is -2.64. The van der Waals surface area contributed by atoms with Gasteiger partial charge in [-0.2, -0.15) is 5.01 Å². The highest BCUT2D eigenvalue weighted by Gasteiger charge is 2.34. The number of carbonyl (C=O) groups is 2. The van der Waals surface area contributed by atoms with Gasteiger partial charge >= 0.3 is 0 Å². The second-order valence-corrected chi connectivity index (χ2v) is 7.24. The molecule has 1 N–H and O–H groups in total. The van der Waals surface area contributed by atoms with Crippen molar-refractivity contribution in [2.75, 3.05) is 7.11 Å². The summed E-state index contributed by atoms with van der Waals surface area (Å²) in [7, 11) is 1.57. The second-order valence-electron chi connectivity index (χ2n) is 5.57. The lowest BCUT2D eigenvalue weighted by Gasteiger charge is -2.15. The Morgan fingerprint density at radius 2 is 1.88 bits per heavy atom. The molecular weight excluding hydrogens is 368 g/mol. The molecule has 0 spiro atoms. The van der Waals surface area contributed by atoms with E-state index < -0.39 is 0 Å². The maximum atomic E-state index is 12.6. The number of hydrogen-bond donors (Lipinski definition) is 1. The van der Waals surface area contributed by atoms with Gasteiger partial charge in [0.15, 0.2) is 4.32 Å². The number of nitrogens with zero attached hydrogens (tertiary/aromatic N) is 1. The average molecular weight is 384 g/mol. The van der Waals surface area contributed by atoms with Crippen molar-refractivity contribution >= 4 is 46.2 Å². The highest BCUT2D eigenvalue weighted by Crippen LogP contribution is 2.33. The molecule has 0 saturated carbocycles. The molecule has 1 fully saturated rings. The van der Waals surface area contributed by atoms with Gasteiger partial charge < -0.3 is 4.74 Å². The van der Waals surface area contributed by atoms with E-state index in [1.54, 1.807) is 25.3 Å². The fraction of sp³-hybridized carbons (Fsp3) is 0.105. The number of hydrogen-bond acceptors (Lipinski definition) is 5. The highest BCUT2D eigenvalue weighted by atomic mass is 32.2. The van der Waals surface area contributed by atoms with Crippen molar-refractivity contribution in [2.45, 2.75) is 6.92 Å². The van der Waals surface area contributed by atoms with E-state index in [-0.39, 0.29) is 16.1 Å². The summed E-state index contributed by atoms with van der Waals surface area (Å²) in [6.07, 6.45) is 1.70. The van der Waals surface area contributed by atoms with Crippen molar-refractivity contribution < 1.29 is 14.3 Å². The van der Waals surface area contributed by atoms with E-state index >= 15 is 0 Å². The molecular formula is C19H16N2O3S2. The summed E-state index contributed by atoms with van der Waals surface area (Å²) in [6.45, 7) is 1.94. The van der Waals surface area contributed by atoms with Crippen molar-refractivity contribution in [1.82, 2.24) is 10.4 Å². The number of thioether (sulfide) groups is 1. The van der Waals surface area contributed by atoms with E-state index in [9.17, 15) is 9.59 Å². The molecule has 2 aromatic carbocycles. The van der Waals surface area contributed by atoms with E-state index in [1.165, 1.54) is 0 Å². The molecule has 0 aliphatic carbocycles. The summed E-state index contributed by atoms with van der Waals surface area (Å²) in [5.74, 6) is -0.104. The summed E-state index contributed by atoms with van der Waals surface area (Å²) >= 11 is 6.38. The molecule has 3 rings (SSSR count). The molecule has 26 heavy (non-hydrogen) atoms. The van der Waals surface area contributed by atoms with Crippen LogP contribution in [0.15, 0.2) is 53.4 Å². The van der Waals surface area contributed by atoms with Crippen LogP contribution in [0.25, 0.3) is 6.08 Å². The molecule has 7 heteroatoms. The van der Waals surface area contributed by atoms with E-state index in [0.717, 1.165) is 27.9 Å². The summed E-state index contributed by atoms with van der Waals surface area (Å²) in [4.78, 5) is 25.4. The number of hydrazine groups is 1. The average Bonchev–Trinajstić information content (AvgIpc) is 2.90. The summed E-state index contributed by atoms with van der Waals surface area (Å²) in [5, 5.41) is 1.10. The topological polar surface area (TPSA) is 58.6 Å². The minimum absolute atomic E-state index is 0.275. The minimum atomic E-state index is -0.389. The van der Waals surface area contributed by atoms with Gasteiger partial charge in [0, 0.05) is 11.1 Å². The number of thiocarbonyl (C=S) groups is 1. The molecule has 0 unspecified atom stereocenters. The van der Waals surface area contributed by atoms with E-state index in [1.807, 2.05) is 43.3 Å². The van der Waals surface area contributed by atoms with Gasteiger partial charge in [0.25, 0.3) is 11.8 Å². The number of carbonyl (C=O) groups excluding carboxylic acids is 2. The number of benzene rings is 2. The van der Waals surface area contributed by atoms with Crippen LogP contribution in [-0.2, 0) is 4.79 Å². The first kappa shape index (κ1) is 18.2. The Morgan fingerprint density at radius 1 is 1.19 bits per heavy atom. The molecule has 0 aromatic heterocycles. The molecule has 0 bridgehead atoms. The van der Waals surface area contributed by atoms with Crippen LogP contribution >= 0.6 is 24.0 Å². The standard InChI is InChI=1S/C19H16N2O3S2/c1-12-7-9-13(10-8-12)17(22)20-21-18(23)16(26-19(21)25)11-14-5-3-4-6-15(14)24-2/h3-11H,1-2H3,(H,20,22)/b16-11-. The second kappa shape index (κ2) is 7.72. The normalized spacial score (nSPS) is 15.5. The van der Waals surface area contributed by atoms with Crippen molar-refractivity contribution in [3.63, 3.8) is 0 Å². The first-order valence-electron chi connectivity index (χ1n) is 7.78. The highest BCUT2D eigenvalue weighted by molar-refractivity contribution is 8.26. The number of rotatable bonds is 4. The summed E-state index contributed by atoms with van der Waals surface area (Å²) in [5.41, 5.74) is 4.84. The first-order chi connectivity index (χ1) is 12.5. The monoisotopic (exact) mass is 384 g/mol. The van der Waals surface area contributed by atoms with Crippen LogP contribution in [-0.4, -0.2) is 28.3 Å². The van der Waals surface area contributed by atoms with Crippen LogP contribution < -0.4 is 10.2 Å². The van der Waals surface area contributed by atoms with Crippen molar-refractivity contribution in [3.05, 3.63) is 70.1 Å². The predicted molar refractivity (Wildman–Crippen MR) is 107 cm³/mol. The molecule has 1 heterocycles. The van der Waals surface area contributed by atoms with Gasteiger partial charge in [0.05, 0.1) is 12.0 Å². The molecule has 2 amide bonds. The molecule has 2 aromatic rings. The lowest BCUT2D eigenvalue weighted by Crippen LogP contribution is -2.44. The predicted octanol–water partition coefficient (Wildman–Crippen LogP) is 3.55. The summed E-state index contributed by atoms with van der Waals surface area (Å²) < 4.78 is 5.57. The van der Waals surface area contributed by atoms with Crippen LogP contribution in [0.4, 0.5) is 0 Å². The lowest BCUT2D eigenvalue weighted by atomic mass is 10.1. The van der Waals surface area contributed by atoms with Crippen molar-refractivity contribution in [3.8, 4) is 5.75 Å². The van der Waals surface area contributed by atoms with Crippen LogP contribution in [0.2, 0.25) is 0 Å². The van der Waals surface area contributed by atoms with Crippen LogP contribution in [0.5, 0.6) is 5.75 Å². The smallest absolute Gasteiger partial charge is 0.285 e. The Morgan fingerprint density at radius 3 is 2.58 bits per heavy atom. The van der Waals surface area contributed by atoms with E-state index in [4.69, 9.17) is 17.0 Å². The molecule has 0 atom stereocenters. The minimum Gasteiger partial charge on any atom is -0.496 e. The Bertz CT molecular complexity index is 907. The molecule has 1 saturated heterocycles. The quantitative estimate of drug-likeness (QED) is 0.645. The van der Waals surface area contributed by atoms with Gasteiger partial charge in [0.1, 0.15) is 5.75 Å². The first-order valence-corrected chi connectivity index (χ1v) is 9.00. The number of amides is 2. The Kier molecular flexibility index (Phi) is 5.39. The molecule has 132 valence electrons. The molecule has 1 aliphatic rings. The largest absolute Gasteiger partial charge is 0.496 e. The van der Waals surface area contributed by atoms with E-state index in [0.29, 0.717) is 16.2 Å². The number of aryl methyl sites for hydroxylation is 1. The number of ether oxygens (including phenoxy) is 1. The number of para-hydroxylation sites is 1. The molecule has 0 radical (unpaired) electrons. The third-order valence-corrected chi connectivity index (χ3v) is 5.05. The van der Waals surface area contributed by atoms with Gasteiger partial charge in [-0.1, -0.05) is 47.7 Å².